The lowest BCUT2D eigenvalue weighted by molar-refractivity contribution is -0.561. The lowest BCUT2D eigenvalue weighted by atomic mass is 9.74. The molecule has 0 bridgehead atoms. The van der Waals surface area contributed by atoms with Crippen LogP contribution >= 0.6 is 0 Å². The SMILES string of the molecule is COC(=C=O)/C=C/C1([N+](=O)[O-])CC[C@@](CO[C@H](C)c2cc(C(F)(F)F)cc(C(F)(F)F)c2)(c2ccccc2)N(C(=O)Oc2ccccc2)C1. The molecule has 260 valence electrons. The molecule has 15 heteroatoms. The van der Waals surface area contributed by atoms with Crippen LogP contribution < -0.4 is 4.74 Å². The number of nitrogens with zero attached hydrogens (tertiary/aromatic N) is 2. The Balaban J connectivity index is 1.82. The predicted molar refractivity (Wildman–Crippen MR) is 162 cm³/mol. The lowest BCUT2D eigenvalue weighted by Crippen LogP contribution is -2.64. The molecule has 0 aromatic heterocycles. The van der Waals surface area contributed by atoms with Crippen molar-refractivity contribution in [3.8, 4) is 5.75 Å². The van der Waals surface area contributed by atoms with Crippen molar-refractivity contribution in [2.24, 2.45) is 0 Å². The number of piperidine rings is 1. The van der Waals surface area contributed by atoms with Crippen LogP contribution in [0.25, 0.3) is 0 Å². The maximum absolute atomic E-state index is 14.0. The number of carbonyl (C=O) groups excluding carboxylic acids is 2. The van der Waals surface area contributed by atoms with Gasteiger partial charge in [0.25, 0.3) is 5.54 Å². The summed E-state index contributed by atoms with van der Waals surface area (Å²) in [6.45, 7) is 0.0903. The average Bonchev–Trinajstić information content (AvgIpc) is 3.07. The van der Waals surface area contributed by atoms with Gasteiger partial charge < -0.3 is 14.2 Å². The number of para-hydroxylation sites is 1. The van der Waals surface area contributed by atoms with E-state index in [2.05, 4.69) is 0 Å². The van der Waals surface area contributed by atoms with Crippen molar-refractivity contribution in [2.75, 3.05) is 20.3 Å². The summed E-state index contributed by atoms with van der Waals surface area (Å²) in [6.07, 6.45) is -10.9. The molecule has 0 saturated carbocycles. The standard InChI is InChI=1S/C34H30F6N2O7/c1-23(24-17-26(33(35,36)37)19-27(18-24)34(38,39)40)48-22-32(25-9-5-3-6-10-25)16-15-31(42(45)46,14-13-29(20-43)47-2)21-41(32)30(44)49-28-11-7-4-8-12-28/h3-14,17-19,23H,15-16,21-22H2,1-2H3/b14-13+/t23-,31?,32-/m1/s1. The predicted octanol–water partition coefficient (Wildman–Crippen LogP) is 7.93. The van der Waals surface area contributed by atoms with E-state index in [0.29, 0.717) is 17.7 Å². The first kappa shape index (κ1) is 36.7. The number of rotatable bonds is 10. The van der Waals surface area contributed by atoms with Crippen LogP contribution in [-0.4, -0.2) is 47.7 Å². The lowest BCUT2D eigenvalue weighted by Gasteiger charge is -2.49. The van der Waals surface area contributed by atoms with E-state index in [0.717, 1.165) is 24.2 Å². The first-order valence-electron chi connectivity index (χ1n) is 14.7. The van der Waals surface area contributed by atoms with Crippen molar-refractivity contribution in [3.63, 3.8) is 0 Å². The van der Waals surface area contributed by atoms with Gasteiger partial charge in [0.15, 0.2) is 5.94 Å². The number of hydrogen-bond acceptors (Lipinski definition) is 7. The summed E-state index contributed by atoms with van der Waals surface area (Å²) in [5.41, 5.74) is -6.66. The number of halogens is 6. The van der Waals surface area contributed by atoms with E-state index in [1.54, 1.807) is 48.5 Å². The summed E-state index contributed by atoms with van der Waals surface area (Å²) in [5, 5.41) is 12.6. The quantitative estimate of drug-likeness (QED) is 0.0531. The first-order chi connectivity index (χ1) is 23.0. The molecule has 0 N–H and O–H groups in total. The molecule has 3 atom stereocenters. The van der Waals surface area contributed by atoms with E-state index in [4.69, 9.17) is 14.2 Å². The van der Waals surface area contributed by atoms with Gasteiger partial charge in [0.1, 0.15) is 5.75 Å². The molecule has 0 radical (unpaired) electrons. The first-order valence-corrected chi connectivity index (χ1v) is 14.7. The summed E-state index contributed by atoms with van der Waals surface area (Å²) in [5.74, 6) is 1.24. The summed E-state index contributed by atoms with van der Waals surface area (Å²) < 4.78 is 98.2. The third-order valence-electron chi connectivity index (χ3n) is 8.28. The second-order valence-corrected chi connectivity index (χ2v) is 11.3. The van der Waals surface area contributed by atoms with Gasteiger partial charge in [-0.2, -0.15) is 26.3 Å². The third-order valence-corrected chi connectivity index (χ3v) is 8.28. The zero-order chi connectivity index (χ0) is 36.0. The van der Waals surface area contributed by atoms with E-state index < -0.39 is 70.4 Å². The molecule has 4 rings (SSSR count). The molecule has 9 nitrogen and oxygen atoms in total. The molecule has 1 unspecified atom stereocenters. The molecule has 49 heavy (non-hydrogen) atoms. The maximum Gasteiger partial charge on any atom is 0.416 e. The minimum atomic E-state index is -5.09. The van der Waals surface area contributed by atoms with Crippen molar-refractivity contribution >= 4 is 12.0 Å². The fourth-order valence-electron chi connectivity index (χ4n) is 5.52. The molecule has 0 aliphatic carbocycles. The minimum Gasteiger partial charge on any atom is -0.487 e. The number of amides is 1. The van der Waals surface area contributed by atoms with E-state index in [-0.39, 0.29) is 30.4 Å². The molecule has 1 fully saturated rings. The Bertz CT molecular complexity index is 1690. The zero-order valence-electron chi connectivity index (χ0n) is 26.1. The number of nitro groups is 1. The Morgan fingerprint density at radius 3 is 2.06 bits per heavy atom. The normalized spacial score (nSPS) is 20.4. The van der Waals surface area contributed by atoms with Crippen molar-refractivity contribution in [3.05, 3.63) is 129 Å². The van der Waals surface area contributed by atoms with Gasteiger partial charge in [0.2, 0.25) is 5.76 Å². The molecule has 1 aliphatic heterocycles. The molecule has 1 aliphatic rings. The molecular weight excluding hydrogens is 662 g/mol. The van der Waals surface area contributed by atoms with Gasteiger partial charge in [-0.3, -0.25) is 15.0 Å². The van der Waals surface area contributed by atoms with Crippen LogP contribution in [0, 0.1) is 10.1 Å². The van der Waals surface area contributed by atoms with Crippen LogP contribution in [0.4, 0.5) is 31.1 Å². The molecule has 1 saturated heterocycles. The fraction of sp³-hybridized carbons (Fsp3) is 0.324. The number of carbonyl (C=O) groups is 1. The van der Waals surface area contributed by atoms with Gasteiger partial charge in [-0.25, -0.2) is 9.59 Å². The Morgan fingerprint density at radius 2 is 1.55 bits per heavy atom. The maximum atomic E-state index is 14.0. The largest absolute Gasteiger partial charge is 0.487 e. The van der Waals surface area contributed by atoms with Gasteiger partial charge in [0.05, 0.1) is 43.0 Å². The van der Waals surface area contributed by atoms with Gasteiger partial charge in [-0.15, -0.1) is 0 Å². The van der Waals surface area contributed by atoms with Crippen molar-refractivity contribution in [2.45, 2.75) is 49.3 Å². The monoisotopic (exact) mass is 692 g/mol. The van der Waals surface area contributed by atoms with Gasteiger partial charge in [0, 0.05) is 11.3 Å². The molecule has 1 amide bonds. The highest BCUT2D eigenvalue weighted by atomic mass is 19.4. The smallest absolute Gasteiger partial charge is 0.416 e. The second kappa shape index (κ2) is 14.5. The number of benzene rings is 3. The Kier molecular flexibility index (Phi) is 10.9. The van der Waals surface area contributed by atoms with Gasteiger partial charge in [-0.05, 0) is 67.0 Å². The van der Waals surface area contributed by atoms with E-state index in [9.17, 15) is 46.0 Å². The molecular formula is C34H30F6N2O7. The van der Waals surface area contributed by atoms with Crippen LogP contribution in [0.1, 0.15) is 48.1 Å². The third kappa shape index (κ3) is 8.30. The summed E-state index contributed by atoms with van der Waals surface area (Å²) in [4.78, 5) is 38.3. The van der Waals surface area contributed by atoms with E-state index >= 15 is 0 Å². The number of methoxy groups -OCH3 is 1. The zero-order valence-corrected chi connectivity index (χ0v) is 26.1. The number of hydrogen-bond donors (Lipinski definition) is 0. The van der Waals surface area contributed by atoms with E-state index in [1.807, 2.05) is 0 Å². The summed E-state index contributed by atoms with van der Waals surface area (Å²) >= 11 is 0. The van der Waals surface area contributed by atoms with Gasteiger partial charge in [-0.1, -0.05) is 48.5 Å². The van der Waals surface area contributed by atoms with Crippen LogP contribution in [0.2, 0.25) is 0 Å². The van der Waals surface area contributed by atoms with Crippen molar-refractivity contribution in [1.82, 2.24) is 4.90 Å². The summed E-state index contributed by atoms with van der Waals surface area (Å²) in [6, 6.07) is 17.0. The van der Waals surface area contributed by atoms with Crippen molar-refractivity contribution < 1.29 is 55.1 Å². The number of ether oxygens (including phenoxy) is 3. The molecule has 3 aromatic carbocycles. The summed E-state index contributed by atoms with van der Waals surface area (Å²) in [7, 11) is 1.16. The van der Waals surface area contributed by atoms with E-state index in [1.165, 1.54) is 25.0 Å². The topological polar surface area (TPSA) is 108 Å². The number of allylic oxidation sites excluding steroid dienone is 1. The minimum absolute atomic E-state index is 0.00361. The van der Waals surface area contributed by atoms with Crippen LogP contribution in [0.5, 0.6) is 5.75 Å². The molecule has 1 heterocycles. The average molecular weight is 693 g/mol. The molecule has 3 aromatic rings. The Hall–Kier alpha value is -5.14. The molecule has 0 spiro atoms. The van der Waals surface area contributed by atoms with Crippen molar-refractivity contribution in [1.29, 1.82) is 0 Å². The van der Waals surface area contributed by atoms with Crippen LogP contribution in [0.3, 0.4) is 0 Å². The van der Waals surface area contributed by atoms with Crippen LogP contribution in [-0.2, 0) is 32.2 Å². The second-order valence-electron chi connectivity index (χ2n) is 11.3. The highest BCUT2D eigenvalue weighted by Gasteiger charge is 2.57. The Labute approximate surface area is 276 Å². The van der Waals surface area contributed by atoms with Crippen LogP contribution in [0.15, 0.2) is 96.8 Å². The highest BCUT2D eigenvalue weighted by Crippen LogP contribution is 2.45. The Morgan fingerprint density at radius 1 is 0.980 bits per heavy atom. The van der Waals surface area contributed by atoms with Gasteiger partial charge >= 0.3 is 18.4 Å². The highest BCUT2D eigenvalue weighted by molar-refractivity contribution is 5.72. The number of likely N-dealkylation sites (tertiary alicyclic amines) is 1. The fourth-order valence-corrected chi connectivity index (χ4v) is 5.52. The number of alkyl halides is 6.